The summed E-state index contributed by atoms with van der Waals surface area (Å²) in [5.74, 6) is 1.17. The lowest BCUT2D eigenvalue weighted by Gasteiger charge is -2.04. The largest absolute Gasteiger partial charge is 0.233 e. The van der Waals surface area contributed by atoms with Crippen LogP contribution in [0, 0.1) is 13.8 Å². The molecule has 82 valence electrons. The van der Waals surface area contributed by atoms with Crippen molar-refractivity contribution in [2.45, 2.75) is 19.7 Å². The van der Waals surface area contributed by atoms with Gasteiger partial charge in [0.2, 0.25) is 0 Å². The van der Waals surface area contributed by atoms with Gasteiger partial charge in [-0.25, -0.2) is 9.97 Å². The van der Waals surface area contributed by atoms with Gasteiger partial charge >= 0.3 is 0 Å². The molecular weight excluding hydrogens is 220 g/mol. The second-order valence-electron chi connectivity index (χ2n) is 3.83. The van der Waals surface area contributed by atoms with Crippen LogP contribution in [0.3, 0.4) is 0 Å². The fourth-order valence-corrected chi connectivity index (χ4v) is 1.75. The quantitative estimate of drug-likeness (QED) is 0.741. The Bertz CT molecular complexity index is 509. The van der Waals surface area contributed by atoms with E-state index < -0.39 is 0 Å². The summed E-state index contributed by atoms with van der Waals surface area (Å²) in [6.45, 7) is 4.01. The zero-order chi connectivity index (χ0) is 11.5. The molecule has 2 nitrogen and oxygen atoms in total. The molecule has 0 saturated heterocycles. The number of aromatic nitrogens is 2. The van der Waals surface area contributed by atoms with Crippen molar-refractivity contribution in [2.75, 3.05) is 0 Å². The predicted octanol–water partition coefficient (Wildman–Crippen LogP) is 3.50. The summed E-state index contributed by atoms with van der Waals surface area (Å²) in [6, 6.07) is 10.1. The van der Waals surface area contributed by atoms with Gasteiger partial charge in [0.25, 0.3) is 0 Å². The second kappa shape index (κ2) is 4.62. The number of rotatable bonds is 2. The first kappa shape index (κ1) is 11.1. The molecule has 0 radical (unpaired) electrons. The monoisotopic (exact) mass is 232 g/mol. The fourth-order valence-electron chi connectivity index (χ4n) is 1.62. The summed E-state index contributed by atoms with van der Waals surface area (Å²) in [5.41, 5.74) is 4.05. The average Bonchev–Trinajstić information content (AvgIpc) is 2.28. The first-order valence-electron chi connectivity index (χ1n) is 5.16. The Morgan fingerprint density at radius 1 is 1.12 bits per heavy atom. The van der Waals surface area contributed by atoms with E-state index in [1.807, 2.05) is 25.1 Å². The van der Waals surface area contributed by atoms with E-state index in [9.17, 15) is 0 Å². The van der Waals surface area contributed by atoms with Crippen LogP contribution in [0.4, 0.5) is 0 Å². The molecule has 0 aliphatic heterocycles. The molecule has 2 aromatic rings. The third kappa shape index (κ3) is 2.39. The van der Waals surface area contributed by atoms with Crippen molar-refractivity contribution in [2.24, 2.45) is 0 Å². The highest BCUT2D eigenvalue weighted by atomic mass is 35.5. The van der Waals surface area contributed by atoms with Crippen molar-refractivity contribution in [3.8, 4) is 11.4 Å². The first-order chi connectivity index (χ1) is 7.69. The van der Waals surface area contributed by atoms with E-state index in [1.54, 1.807) is 0 Å². The molecule has 3 heteroatoms. The van der Waals surface area contributed by atoms with Crippen molar-refractivity contribution >= 4 is 11.6 Å². The molecule has 0 atom stereocenters. The number of hydrogen-bond acceptors (Lipinski definition) is 2. The summed E-state index contributed by atoms with van der Waals surface area (Å²) in [4.78, 5) is 8.84. The Kier molecular flexibility index (Phi) is 3.20. The molecule has 0 aliphatic carbocycles. The molecule has 1 aromatic heterocycles. The van der Waals surface area contributed by atoms with Crippen LogP contribution in [0.25, 0.3) is 11.4 Å². The molecule has 0 aliphatic rings. The number of alkyl halides is 1. The molecule has 1 heterocycles. The van der Waals surface area contributed by atoms with Crippen molar-refractivity contribution < 1.29 is 0 Å². The van der Waals surface area contributed by atoms with E-state index in [1.165, 1.54) is 5.56 Å². The van der Waals surface area contributed by atoms with E-state index in [4.69, 9.17) is 11.6 Å². The minimum Gasteiger partial charge on any atom is -0.233 e. The average molecular weight is 233 g/mol. The Morgan fingerprint density at radius 2 is 1.94 bits per heavy atom. The normalized spacial score (nSPS) is 10.4. The molecule has 0 saturated carbocycles. The second-order valence-corrected chi connectivity index (χ2v) is 4.09. The zero-order valence-electron chi connectivity index (χ0n) is 9.37. The van der Waals surface area contributed by atoms with Crippen LogP contribution in [-0.4, -0.2) is 9.97 Å². The van der Waals surface area contributed by atoms with Crippen molar-refractivity contribution in [1.82, 2.24) is 9.97 Å². The highest BCUT2D eigenvalue weighted by Crippen LogP contribution is 2.17. The molecule has 0 unspecified atom stereocenters. The van der Waals surface area contributed by atoms with Crippen LogP contribution in [0.5, 0.6) is 0 Å². The molecule has 1 aromatic carbocycles. The summed E-state index contributed by atoms with van der Waals surface area (Å²) >= 11 is 5.80. The maximum absolute atomic E-state index is 5.80. The SMILES string of the molecule is Cc1cccc(-c2nc(C)cc(CCl)n2)c1. The number of hydrogen-bond donors (Lipinski definition) is 0. The topological polar surface area (TPSA) is 25.8 Å². The van der Waals surface area contributed by atoms with E-state index in [0.29, 0.717) is 5.88 Å². The van der Waals surface area contributed by atoms with Gasteiger partial charge in [-0.2, -0.15) is 0 Å². The van der Waals surface area contributed by atoms with E-state index >= 15 is 0 Å². The Morgan fingerprint density at radius 3 is 2.62 bits per heavy atom. The molecule has 0 N–H and O–H groups in total. The summed E-state index contributed by atoms with van der Waals surface area (Å²) in [6.07, 6.45) is 0. The third-order valence-corrected chi connectivity index (χ3v) is 2.59. The maximum Gasteiger partial charge on any atom is 0.159 e. The molecule has 16 heavy (non-hydrogen) atoms. The Labute approximate surface area is 100 Å². The van der Waals surface area contributed by atoms with Crippen LogP contribution in [0.15, 0.2) is 30.3 Å². The van der Waals surface area contributed by atoms with Gasteiger partial charge in [-0.1, -0.05) is 23.8 Å². The first-order valence-corrected chi connectivity index (χ1v) is 5.70. The lowest BCUT2D eigenvalue weighted by atomic mass is 10.1. The third-order valence-electron chi connectivity index (χ3n) is 2.32. The van der Waals surface area contributed by atoms with Crippen molar-refractivity contribution in [3.05, 3.63) is 47.3 Å². The van der Waals surface area contributed by atoms with Crippen LogP contribution in [0.1, 0.15) is 17.0 Å². The number of aryl methyl sites for hydroxylation is 2. The summed E-state index contributed by atoms with van der Waals surface area (Å²) < 4.78 is 0. The predicted molar refractivity (Wildman–Crippen MR) is 66.5 cm³/mol. The fraction of sp³-hybridized carbons (Fsp3) is 0.231. The van der Waals surface area contributed by atoms with Crippen molar-refractivity contribution in [1.29, 1.82) is 0 Å². The minimum atomic E-state index is 0.419. The Balaban J connectivity index is 2.51. The lowest BCUT2D eigenvalue weighted by molar-refractivity contribution is 1.05. The molecular formula is C13H13ClN2. The van der Waals surface area contributed by atoms with Gasteiger partial charge in [0.05, 0.1) is 11.6 Å². The summed E-state index contributed by atoms with van der Waals surface area (Å²) in [7, 11) is 0. The lowest BCUT2D eigenvalue weighted by Crippen LogP contribution is -1.96. The van der Waals surface area contributed by atoms with Gasteiger partial charge in [0, 0.05) is 11.3 Å². The molecule has 2 rings (SSSR count). The zero-order valence-corrected chi connectivity index (χ0v) is 10.1. The standard InChI is InChI=1S/C13H13ClN2/c1-9-4-3-5-11(6-9)13-15-10(2)7-12(8-14)16-13/h3-7H,8H2,1-2H3. The molecule has 0 amide bonds. The number of benzene rings is 1. The number of halogens is 1. The van der Waals surface area contributed by atoms with E-state index in [2.05, 4.69) is 29.0 Å². The van der Waals surface area contributed by atoms with E-state index in [0.717, 1.165) is 22.8 Å². The smallest absolute Gasteiger partial charge is 0.159 e. The van der Waals surface area contributed by atoms with Gasteiger partial charge < -0.3 is 0 Å². The highest BCUT2D eigenvalue weighted by Gasteiger charge is 2.04. The van der Waals surface area contributed by atoms with Gasteiger partial charge in [0.1, 0.15) is 0 Å². The van der Waals surface area contributed by atoms with Gasteiger partial charge in [-0.05, 0) is 26.0 Å². The number of nitrogens with zero attached hydrogens (tertiary/aromatic N) is 2. The van der Waals surface area contributed by atoms with Crippen LogP contribution >= 0.6 is 11.6 Å². The van der Waals surface area contributed by atoms with Gasteiger partial charge in [0.15, 0.2) is 5.82 Å². The van der Waals surface area contributed by atoms with Crippen molar-refractivity contribution in [3.63, 3.8) is 0 Å². The van der Waals surface area contributed by atoms with Crippen LogP contribution in [-0.2, 0) is 5.88 Å². The van der Waals surface area contributed by atoms with E-state index in [-0.39, 0.29) is 0 Å². The van der Waals surface area contributed by atoms with Crippen LogP contribution in [0.2, 0.25) is 0 Å². The van der Waals surface area contributed by atoms with Gasteiger partial charge in [-0.3, -0.25) is 0 Å². The minimum absolute atomic E-state index is 0.419. The highest BCUT2D eigenvalue weighted by molar-refractivity contribution is 6.16. The summed E-state index contributed by atoms with van der Waals surface area (Å²) in [5, 5.41) is 0. The molecule has 0 spiro atoms. The maximum atomic E-state index is 5.80. The Hall–Kier alpha value is -1.41. The van der Waals surface area contributed by atoms with Crippen LogP contribution < -0.4 is 0 Å². The van der Waals surface area contributed by atoms with Gasteiger partial charge in [-0.15, -0.1) is 11.6 Å². The molecule has 0 fully saturated rings. The molecule has 0 bridgehead atoms.